The second-order valence-electron chi connectivity index (χ2n) is 13.7. The van der Waals surface area contributed by atoms with Crippen LogP contribution in [0.1, 0.15) is 79.3 Å². The third-order valence-electron chi connectivity index (χ3n) is 8.62. The molecule has 4 heteroatoms. The minimum Gasteiger partial charge on any atom is -0.684 e. The van der Waals surface area contributed by atoms with Crippen molar-refractivity contribution in [1.82, 2.24) is 0 Å². The van der Waals surface area contributed by atoms with Gasteiger partial charge >= 0.3 is 0 Å². The standard InChI is InChI=1S/C35H40NO2.2C7H7.Hf/c1-23(2)28-14-10-15-29(24(3)4)34(28)36-18-11-19-38-33-17-16-25(5)20-31(33)32-22-26(6)21-30(35(32)37)27-12-8-7-9-13-27;2*1-7-5-3-2-4-6-7;/h7-10,12-17,20-24,37H,11,18-19H2,1-6H3;2*2-6H,1H2;/q3*-1;. The van der Waals surface area contributed by atoms with Crippen molar-refractivity contribution in [1.29, 1.82) is 0 Å². The van der Waals surface area contributed by atoms with Gasteiger partial charge in [-0.15, -0.1) is 36.5 Å². The maximum Gasteiger partial charge on any atom is 0.131 e. The summed E-state index contributed by atoms with van der Waals surface area (Å²) < 4.78 is 6.31. The van der Waals surface area contributed by atoms with E-state index in [1.54, 1.807) is 0 Å². The van der Waals surface area contributed by atoms with E-state index < -0.39 is 0 Å². The van der Waals surface area contributed by atoms with Crippen molar-refractivity contribution in [3.8, 4) is 33.8 Å². The summed E-state index contributed by atoms with van der Waals surface area (Å²) in [6, 6.07) is 46.5. The van der Waals surface area contributed by atoms with E-state index in [9.17, 15) is 5.11 Å². The van der Waals surface area contributed by atoms with E-state index in [1.165, 1.54) is 11.1 Å². The van der Waals surface area contributed by atoms with Gasteiger partial charge in [0, 0.05) is 42.5 Å². The Hall–Kier alpha value is -4.67. The summed E-state index contributed by atoms with van der Waals surface area (Å²) in [6.07, 6.45) is 0.812. The van der Waals surface area contributed by atoms with Gasteiger partial charge in [-0.1, -0.05) is 111 Å². The minimum atomic E-state index is 0. The molecule has 3 nitrogen and oxygen atoms in total. The molecule has 0 saturated heterocycles. The summed E-state index contributed by atoms with van der Waals surface area (Å²) >= 11 is 0. The fourth-order valence-corrected chi connectivity index (χ4v) is 5.89. The van der Waals surface area contributed by atoms with Gasteiger partial charge in [0.15, 0.2) is 0 Å². The van der Waals surface area contributed by atoms with Crippen LogP contribution in [0.2, 0.25) is 0 Å². The van der Waals surface area contributed by atoms with Gasteiger partial charge in [-0.25, -0.2) is 0 Å². The summed E-state index contributed by atoms with van der Waals surface area (Å²) in [5.74, 6) is 1.92. The Kier molecular flexibility index (Phi) is 17.5. The maximum absolute atomic E-state index is 11.3. The zero-order valence-electron chi connectivity index (χ0n) is 32.3. The summed E-state index contributed by atoms with van der Waals surface area (Å²) in [5.41, 5.74) is 11.6. The van der Waals surface area contributed by atoms with Crippen LogP contribution >= 0.6 is 0 Å². The number of rotatable bonds is 10. The molecule has 0 aliphatic carbocycles. The predicted octanol–water partition coefficient (Wildman–Crippen LogP) is 13.8. The van der Waals surface area contributed by atoms with Crippen molar-refractivity contribution < 1.29 is 35.7 Å². The monoisotopic (exact) mass is 868 g/mol. The quantitative estimate of drug-likeness (QED) is 0.0847. The largest absolute Gasteiger partial charge is 0.684 e. The summed E-state index contributed by atoms with van der Waals surface area (Å²) in [4.78, 5) is 0. The van der Waals surface area contributed by atoms with E-state index in [2.05, 4.69) is 85.7 Å². The third kappa shape index (κ3) is 13.0. The SMILES string of the molecule is Cc1ccc(OCCC[N-]c2c(C(C)C)cccc2C(C)C)c(-c2cc(C)cc(-c3ccccc3)c2O)c1.[CH2-]c1ccccc1.[CH2-]c1ccccc1.[Hf]. The van der Waals surface area contributed by atoms with Crippen LogP contribution < -0.4 is 4.74 Å². The van der Waals surface area contributed by atoms with Gasteiger partial charge in [-0.05, 0) is 67.5 Å². The number of hydrogen-bond acceptors (Lipinski definition) is 2. The van der Waals surface area contributed by atoms with Crippen molar-refractivity contribution in [2.45, 2.75) is 59.8 Å². The average molecular weight is 867 g/mol. The minimum absolute atomic E-state index is 0. The van der Waals surface area contributed by atoms with Gasteiger partial charge in [0.25, 0.3) is 0 Å². The molecule has 0 aliphatic rings. The van der Waals surface area contributed by atoms with E-state index in [0.717, 1.165) is 62.4 Å². The molecule has 0 aromatic heterocycles. The Morgan fingerprint density at radius 3 is 1.57 bits per heavy atom. The van der Waals surface area contributed by atoms with Crippen molar-refractivity contribution in [3.63, 3.8) is 0 Å². The first-order valence-electron chi connectivity index (χ1n) is 18.2. The van der Waals surface area contributed by atoms with Crippen molar-refractivity contribution in [2.75, 3.05) is 13.2 Å². The molecular weight excluding hydrogens is 813 g/mol. The first kappa shape index (κ1) is 42.7. The second kappa shape index (κ2) is 21.8. The fourth-order valence-electron chi connectivity index (χ4n) is 5.89. The van der Waals surface area contributed by atoms with Crippen molar-refractivity contribution in [3.05, 3.63) is 192 Å². The number of ether oxygens (including phenoxy) is 1. The first-order chi connectivity index (χ1) is 25.0. The molecule has 53 heavy (non-hydrogen) atoms. The number of phenolic OH excluding ortho intramolecular Hbond substituents is 1. The van der Waals surface area contributed by atoms with E-state index in [4.69, 9.17) is 10.1 Å². The van der Waals surface area contributed by atoms with Gasteiger partial charge in [-0.3, -0.25) is 0 Å². The van der Waals surface area contributed by atoms with Crippen LogP contribution in [0.4, 0.5) is 5.69 Å². The van der Waals surface area contributed by atoms with E-state index in [1.807, 2.05) is 109 Å². The number of hydrogen-bond donors (Lipinski definition) is 1. The topological polar surface area (TPSA) is 43.6 Å². The molecule has 274 valence electrons. The number of phenols is 1. The molecule has 0 bridgehead atoms. The summed E-state index contributed by atoms with van der Waals surface area (Å²) in [7, 11) is 0. The smallest absolute Gasteiger partial charge is 0.131 e. The van der Waals surface area contributed by atoms with Crippen LogP contribution in [0.25, 0.3) is 27.6 Å². The molecular formula is C49H54HfNO2-3. The third-order valence-corrected chi connectivity index (χ3v) is 8.62. The second-order valence-corrected chi connectivity index (χ2v) is 13.7. The molecule has 0 radical (unpaired) electrons. The summed E-state index contributed by atoms with van der Waals surface area (Å²) in [5, 5.41) is 16.4. The molecule has 0 fully saturated rings. The zero-order valence-corrected chi connectivity index (χ0v) is 35.9. The number of benzene rings is 6. The van der Waals surface area contributed by atoms with Crippen LogP contribution in [0.15, 0.2) is 140 Å². The number of aryl methyl sites for hydroxylation is 2. The van der Waals surface area contributed by atoms with Crippen LogP contribution in [-0.4, -0.2) is 18.3 Å². The number of aromatic hydroxyl groups is 1. The molecule has 0 saturated carbocycles. The maximum atomic E-state index is 11.3. The molecule has 0 unspecified atom stereocenters. The zero-order chi connectivity index (χ0) is 37.5. The predicted molar refractivity (Wildman–Crippen MR) is 223 cm³/mol. The van der Waals surface area contributed by atoms with Gasteiger partial charge in [-0.2, -0.15) is 49.2 Å². The molecule has 0 heterocycles. The van der Waals surface area contributed by atoms with E-state index in [-0.39, 0.29) is 31.6 Å². The van der Waals surface area contributed by atoms with E-state index in [0.29, 0.717) is 25.0 Å². The van der Waals surface area contributed by atoms with Crippen molar-refractivity contribution in [2.24, 2.45) is 0 Å². The van der Waals surface area contributed by atoms with Crippen LogP contribution in [-0.2, 0) is 25.8 Å². The Labute approximate surface area is 338 Å². The molecule has 0 amide bonds. The normalized spacial score (nSPS) is 10.3. The Morgan fingerprint density at radius 1 is 0.585 bits per heavy atom. The molecule has 6 rings (SSSR count). The van der Waals surface area contributed by atoms with Crippen LogP contribution in [0.3, 0.4) is 0 Å². The molecule has 0 spiro atoms. The molecule has 0 aliphatic heterocycles. The molecule has 6 aromatic rings. The Bertz CT molecular complexity index is 1890. The fraction of sp³-hybridized carbons (Fsp3) is 0.224. The number of para-hydroxylation sites is 1. The Morgan fingerprint density at radius 2 is 1.08 bits per heavy atom. The molecule has 6 aromatic carbocycles. The number of nitrogens with zero attached hydrogens (tertiary/aromatic N) is 1. The van der Waals surface area contributed by atoms with Crippen molar-refractivity contribution >= 4 is 5.69 Å². The first-order valence-corrected chi connectivity index (χ1v) is 18.2. The molecule has 1 N–H and O–H groups in total. The van der Waals surface area contributed by atoms with Gasteiger partial charge in [0.2, 0.25) is 0 Å². The van der Waals surface area contributed by atoms with Crippen LogP contribution in [0.5, 0.6) is 11.5 Å². The van der Waals surface area contributed by atoms with Gasteiger partial charge in [0.1, 0.15) is 11.5 Å². The molecule has 0 atom stereocenters. The van der Waals surface area contributed by atoms with Gasteiger partial charge in [0.05, 0.1) is 6.61 Å². The summed E-state index contributed by atoms with van der Waals surface area (Å²) in [6.45, 7) is 21.7. The Balaban J connectivity index is 0.000000418. The van der Waals surface area contributed by atoms with Crippen LogP contribution in [0, 0.1) is 27.7 Å². The average Bonchev–Trinajstić information content (AvgIpc) is 3.14. The van der Waals surface area contributed by atoms with E-state index >= 15 is 0 Å². The van der Waals surface area contributed by atoms with Gasteiger partial charge < -0.3 is 15.2 Å².